The highest BCUT2D eigenvalue weighted by molar-refractivity contribution is 5.84. The van der Waals surface area contributed by atoms with Gasteiger partial charge in [-0.25, -0.2) is 0 Å². The standard InChI is InChI=1S/C17H29NO4/c1-3-22-9-8-17(6-4-5-7-17)16(21)18-11-13(2)10-14(12-18)15(19)20/h13-14H,3-12H2,1-2H3,(H,19,20). The van der Waals surface area contributed by atoms with Crippen molar-refractivity contribution in [3.05, 3.63) is 0 Å². The Morgan fingerprint density at radius 2 is 1.95 bits per heavy atom. The van der Waals surface area contributed by atoms with E-state index in [1.807, 2.05) is 18.7 Å². The van der Waals surface area contributed by atoms with Crippen LogP contribution in [-0.4, -0.2) is 48.2 Å². The first-order valence-corrected chi connectivity index (χ1v) is 8.58. The number of carbonyl (C=O) groups is 2. The van der Waals surface area contributed by atoms with Crippen molar-refractivity contribution in [2.45, 2.75) is 52.4 Å². The lowest BCUT2D eigenvalue weighted by Crippen LogP contribution is -2.51. The van der Waals surface area contributed by atoms with Gasteiger partial charge < -0.3 is 14.7 Å². The highest BCUT2D eigenvalue weighted by Crippen LogP contribution is 2.43. The van der Waals surface area contributed by atoms with E-state index >= 15 is 0 Å². The maximum atomic E-state index is 13.1. The molecule has 0 radical (unpaired) electrons. The highest BCUT2D eigenvalue weighted by Gasteiger charge is 2.45. The fourth-order valence-corrected chi connectivity index (χ4v) is 4.07. The van der Waals surface area contributed by atoms with E-state index in [4.69, 9.17) is 4.74 Å². The number of carbonyl (C=O) groups excluding carboxylic acids is 1. The van der Waals surface area contributed by atoms with E-state index in [1.54, 1.807) is 0 Å². The molecule has 0 aromatic carbocycles. The predicted molar refractivity (Wildman–Crippen MR) is 83.5 cm³/mol. The molecule has 2 unspecified atom stereocenters. The van der Waals surface area contributed by atoms with Gasteiger partial charge in [-0.15, -0.1) is 0 Å². The van der Waals surface area contributed by atoms with Crippen molar-refractivity contribution in [2.24, 2.45) is 17.3 Å². The van der Waals surface area contributed by atoms with Gasteiger partial charge in [0, 0.05) is 26.3 Å². The summed E-state index contributed by atoms with van der Waals surface area (Å²) in [5.74, 6) is -0.774. The van der Waals surface area contributed by atoms with Crippen LogP contribution >= 0.6 is 0 Å². The number of nitrogens with zero attached hydrogens (tertiary/aromatic N) is 1. The van der Waals surface area contributed by atoms with Crippen LogP contribution in [0, 0.1) is 17.3 Å². The minimum Gasteiger partial charge on any atom is -0.481 e. The Bertz CT molecular complexity index is 403. The molecule has 2 atom stereocenters. The average molecular weight is 311 g/mol. The summed E-state index contributed by atoms with van der Waals surface area (Å²) < 4.78 is 5.47. The molecule has 1 amide bonds. The molecule has 1 aliphatic heterocycles. The molecule has 22 heavy (non-hydrogen) atoms. The second-order valence-corrected chi connectivity index (χ2v) is 7.02. The zero-order valence-corrected chi connectivity index (χ0v) is 13.8. The molecule has 1 saturated carbocycles. The first-order valence-electron chi connectivity index (χ1n) is 8.58. The third-order valence-electron chi connectivity index (χ3n) is 5.24. The van der Waals surface area contributed by atoms with Gasteiger partial charge in [-0.05, 0) is 38.5 Å². The normalized spacial score (nSPS) is 27.8. The molecule has 0 spiro atoms. The largest absolute Gasteiger partial charge is 0.481 e. The zero-order valence-electron chi connectivity index (χ0n) is 13.8. The molecule has 2 fully saturated rings. The van der Waals surface area contributed by atoms with Crippen LogP contribution < -0.4 is 0 Å². The van der Waals surface area contributed by atoms with Crippen molar-refractivity contribution in [1.82, 2.24) is 4.90 Å². The van der Waals surface area contributed by atoms with E-state index in [2.05, 4.69) is 0 Å². The molecule has 5 heteroatoms. The van der Waals surface area contributed by atoms with E-state index in [9.17, 15) is 14.7 Å². The summed E-state index contributed by atoms with van der Waals surface area (Å²) in [6.07, 6.45) is 5.45. The minimum absolute atomic E-state index is 0.169. The third kappa shape index (κ3) is 3.80. The molecule has 1 saturated heterocycles. The first-order chi connectivity index (χ1) is 10.5. The zero-order chi connectivity index (χ0) is 16.2. The molecule has 0 bridgehead atoms. The van der Waals surface area contributed by atoms with Crippen LogP contribution in [0.5, 0.6) is 0 Å². The SMILES string of the molecule is CCOCCC1(C(=O)N2CC(C)CC(C(=O)O)C2)CCCC1. The summed E-state index contributed by atoms with van der Waals surface area (Å²) in [5.41, 5.74) is -0.310. The number of rotatable bonds is 6. The fraction of sp³-hybridized carbons (Fsp3) is 0.882. The van der Waals surface area contributed by atoms with E-state index in [0.29, 0.717) is 32.7 Å². The maximum absolute atomic E-state index is 13.1. The van der Waals surface area contributed by atoms with Gasteiger partial charge >= 0.3 is 5.97 Å². The van der Waals surface area contributed by atoms with Crippen LogP contribution in [0.25, 0.3) is 0 Å². The molecular weight excluding hydrogens is 282 g/mol. The van der Waals surface area contributed by atoms with Crippen molar-refractivity contribution in [1.29, 1.82) is 0 Å². The Balaban J connectivity index is 2.07. The van der Waals surface area contributed by atoms with E-state index in [1.165, 1.54) is 0 Å². The topological polar surface area (TPSA) is 66.8 Å². The number of hydrogen-bond donors (Lipinski definition) is 1. The highest BCUT2D eigenvalue weighted by atomic mass is 16.5. The Kier molecular flexibility index (Phi) is 5.84. The average Bonchev–Trinajstić information content (AvgIpc) is 2.96. The predicted octanol–water partition coefficient (Wildman–Crippen LogP) is 2.54. The smallest absolute Gasteiger partial charge is 0.308 e. The number of ether oxygens (including phenoxy) is 1. The minimum atomic E-state index is -0.779. The van der Waals surface area contributed by atoms with E-state index in [-0.39, 0.29) is 17.2 Å². The van der Waals surface area contributed by atoms with Gasteiger partial charge in [0.1, 0.15) is 0 Å². The van der Waals surface area contributed by atoms with Gasteiger partial charge in [0.25, 0.3) is 0 Å². The lowest BCUT2D eigenvalue weighted by molar-refractivity contribution is -0.151. The summed E-state index contributed by atoms with van der Waals surface area (Å²) in [7, 11) is 0. The lowest BCUT2D eigenvalue weighted by atomic mass is 9.79. The van der Waals surface area contributed by atoms with Gasteiger partial charge in [0.2, 0.25) is 5.91 Å². The molecule has 1 heterocycles. The van der Waals surface area contributed by atoms with Crippen molar-refractivity contribution in [2.75, 3.05) is 26.3 Å². The second kappa shape index (κ2) is 7.44. The number of amides is 1. The van der Waals surface area contributed by atoms with Crippen LogP contribution in [-0.2, 0) is 14.3 Å². The van der Waals surface area contributed by atoms with Crippen LogP contribution in [0.3, 0.4) is 0 Å². The van der Waals surface area contributed by atoms with Gasteiger partial charge in [0.15, 0.2) is 0 Å². The van der Waals surface area contributed by atoms with Crippen molar-refractivity contribution >= 4 is 11.9 Å². The Hall–Kier alpha value is -1.10. The van der Waals surface area contributed by atoms with Crippen molar-refractivity contribution < 1.29 is 19.4 Å². The Morgan fingerprint density at radius 3 is 2.55 bits per heavy atom. The maximum Gasteiger partial charge on any atom is 0.308 e. The van der Waals surface area contributed by atoms with Crippen LogP contribution in [0.1, 0.15) is 52.4 Å². The Morgan fingerprint density at radius 1 is 1.27 bits per heavy atom. The molecule has 1 aliphatic carbocycles. The number of carboxylic acids is 1. The molecule has 0 aromatic heterocycles. The fourth-order valence-electron chi connectivity index (χ4n) is 4.07. The molecular formula is C17H29NO4. The van der Waals surface area contributed by atoms with Crippen LogP contribution in [0.2, 0.25) is 0 Å². The van der Waals surface area contributed by atoms with E-state index < -0.39 is 11.9 Å². The third-order valence-corrected chi connectivity index (χ3v) is 5.24. The van der Waals surface area contributed by atoms with Crippen LogP contribution in [0.15, 0.2) is 0 Å². The van der Waals surface area contributed by atoms with Gasteiger partial charge in [0.05, 0.1) is 11.3 Å². The first kappa shape index (κ1) is 17.3. The summed E-state index contributed by atoms with van der Waals surface area (Å²) in [6.45, 7) is 6.36. The molecule has 5 nitrogen and oxygen atoms in total. The van der Waals surface area contributed by atoms with E-state index in [0.717, 1.165) is 32.1 Å². The molecule has 2 rings (SSSR count). The molecule has 126 valence electrons. The van der Waals surface area contributed by atoms with Crippen molar-refractivity contribution in [3.8, 4) is 0 Å². The summed E-state index contributed by atoms with van der Waals surface area (Å²) in [4.78, 5) is 26.3. The Labute approximate surface area is 133 Å². The number of carboxylic acid groups (broad SMARTS) is 1. The summed E-state index contributed by atoms with van der Waals surface area (Å²) in [6, 6.07) is 0. The lowest BCUT2D eigenvalue weighted by Gasteiger charge is -2.40. The van der Waals surface area contributed by atoms with Crippen molar-refractivity contribution in [3.63, 3.8) is 0 Å². The van der Waals surface area contributed by atoms with Gasteiger partial charge in [-0.2, -0.15) is 0 Å². The van der Waals surface area contributed by atoms with Gasteiger partial charge in [-0.3, -0.25) is 9.59 Å². The number of piperidine rings is 1. The monoisotopic (exact) mass is 311 g/mol. The number of likely N-dealkylation sites (tertiary alicyclic amines) is 1. The second-order valence-electron chi connectivity index (χ2n) is 7.02. The number of hydrogen-bond acceptors (Lipinski definition) is 3. The quantitative estimate of drug-likeness (QED) is 0.766. The molecule has 0 aromatic rings. The molecule has 2 aliphatic rings. The summed E-state index contributed by atoms with van der Waals surface area (Å²) in [5, 5.41) is 9.30. The van der Waals surface area contributed by atoms with Gasteiger partial charge in [-0.1, -0.05) is 19.8 Å². The molecule has 1 N–H and O–H groups in total. The van der Waals surface area contributed by atoms with Crippen LogP contribution in [0.4, 0.5) is 0 Å². The summed E-state index contributed by atoms with van der Waals surface area (Å²) >= 11 is 0. The number of aliphatic carboxylic acids is 1.